The van der Waals surface area contributed by atoms with Crippen molar-refractivity contribution in [3.8, 4) is 0 Å². The number of rotatable bonds is 7. The molecule has 0 atom stereocenters. The fraction of sp³-hybridized carbons (Fsp3) is 0.417. The number of alkyl halides is 4. The Labute approximate surface area is 112 Å². The summed E-state index contributed by atoms with van der Waals surface area (Å²) >= 11 is 5.80. The molecule has 1 aromatic carbocycles. The van der Waals surface area contributed by atoms with Crippen molar-refractivity contribution in [1.82, 2.24) is 0 Å². The maximum Gasteiger partial charge on any atom is 0.330 e. The molecule has 19 heavy (non-hydrogen) atoms. The average molecular weight is 299 g/mol. The lowest BCUT2D eigenvalue weighted by Crippen LogP contribution is -2.33. The van der Waals surface area contributed by atoms with Gasteiger partial charge in [0, 0.05) is 11.4 Å². The molecule has 0 fully saturated rings. The Morgan fingerprint density at radius 3 is 2.53 bits per heavy atom. The van der Waals surface area contributed by atoms with E-state index in [9.17, 15) is 22.4 Å². The average Bonchev–Trinajstić information content (AvgIpc) is 2.31. The summed E-state index contributed by atoms with van der Waals surface area (Å²) in [5.74, 6) is -4.76. The van der Waals surface area contributed by atoms with Crippen molar-refractivity contribution >= 4 is 17.4 Å². The number of halogens is 5. The zero-order valence-corrected chi connectivity index (χ0v) is 10.5. The fourth-order valence-electron chi connectivity index (χ4n) is 1.27. The van der Waals surface area contributed by atoms with Gasteiger partial charge >= 0.3 is 12.3 Å². The molecule has 0 bridgehead atoms. The van der Waals surface area contributed by atoms with Crippen molar-refractivity contribution in [2.24, 2.45) is 0 Å². The van der Waals surface area contributed by atoms with Crippen LogP contribution in [0.1, 0.15) is 5.56 Å². The number of hydrogen-bond acceptors (Lipinski definition) is 2. The second-order valence-electron chi connectivity index (χ2n) is 3.86. The fourth-order valence-corrected chi connectivity index (χ4v) is 1.47. The van der Waals surface area contributed by atoms with Crippen LogP contribution >= 0.6 is 11.6 Å². The van der Waals surface area contributed by atoms with Crippen LogP contribution in [-0.2, 0) is 16.0 Å². The minimum absolute atomic E-state index is 0.0973. The summed E-state index contributed by atoms with van der Waals surface area (Å²) in [5, 5.41) is 0.369. The molecule has 0 N–H and O–H groups in total. The third-order valence-electron chi connectivity index (χ3n) is 2.22. The second-order valence-corrected chi connectivity index (χ2v) is 4.27. The maximum atomic E-state index is 12.5. The van der Waals surface area contributed by atoms with Gasteiger partial charge < -0.3 is 4.74 Å². The zero-order chi connectivity index (χ0) is 14.5. The lowest BCUT2D eigenvalue weighted by atomic mass is 10.1. The molecule has 0 aliphatic heterocycles. The van der Waals surface area contributed by atoms with Crippen molar-refractivity contribution in [2.45, 2.75) is 18.8 Å². The number of Topliss-reactive ketones (excluding diaryl/α,β-unsaturated/α-hetero) is 1. The molecule has 0 aromatic heterocycles. The summed E-state index contributed by atoms with van der Waals surface area (Å²) in [5.41, 5.74) is 0.526. The van der Waals surface area contributed by atoms with Gasteiger partial charge in [-0.15, -0.1) is 0 Å². The van der Waals surface area contributed by atoms with Crippen LogP contribution in [0.15, 0.2) is 24.3 Å². The van der Waals surface area contributed by atoms with Gasteiger partial charge in [0.05, 0.1) is 0 Å². The van der Waals surface area contributed by atoms with E-state index >= 15 is 0 Å². The maximum absolute atomic E-state index is 12.5. The van der Waals surface area contributed by atoms with E-state index in [0.29, 0.717) is 10.6 Å². The van der Waals surface area contributed by atoms with Gasteiger partial charge in [-0.1, -0.05) is 29.8 Å². The van der Waals surface area contributed by atoms with Crippen LogP contribution in [0.4, 0.5) is 17.6 Å². The predicted octanol–water partition coefficient (Wildman–Crippen LogP) is 3.37. The number of hydrogen-bond donors (Lipinski definition) is 0. The SMILES string of the molecule is O=C(COCC(F)(F)C(F)F)Cc1ccccc1Cl. The Bertz CT molecular complexity index is 437. The first kappa shape index (κ1) is 15.9. The van der Waals surface area contributed by atoms with Gasteiger partial charge in [0.1, 0.15) is 13.2 Å². The van der Waals surface area contributed by atoms with Crippen molar-refractivity contribution in [3.05, 3.63) is 34.9 Å². The van der Waals surface area contributed by atoms with Gasteiger partial charge in [-0.05, 0) is 11.6 Å². The largest absolute Gasteiger partial charge is 0.367 e. The van der Waals surface area contributed by atoms with Crippen LogP contribution in [0.3, 0.4) is 0 Å². The Hall–Kier alpha value is -1.14. The highest BCUT2D eigenvalue weighted by Gasteiger charge is 2.41. The van der Waals surface area contributed by atoms with Crippen LogP contribution < -0.4 is 0 Å². The smallest absolute Gasteiger partial charge is 0.330 e. The van der Waals surface area contributed by atoms with Gasteiger partial charge in [-0.2, -0.15) is 8.78 Å². The zero-order valence-electron chi connectivity index (χ0n) is 9.71. The summed E-state index contributed by atoms with van der Waals surface area (Å²) in [4.78, 5) is 11.4. The van der Waals surface area contributed by atoms with E-state index in [1.54, 1.807) is 24.3 Å². The normalized spacial score (nSPS) is 11.9. The monoisotopic (exact) mass is 298 g/mol. The highest BCUT2D eigenvalue weighted by molar-refractivity contribution is 6.31. The Balaban J connectivity index is 2.39. The summed E-state index contributed by atoms with van der Waals surface area (Å²) in [7, 11) is 0. The third-order valence-corrected chi connectivity index (χ3v) is 2.59. The van der Waals surface area contributed by atoms with Gasteiger partial charge in [0.25, 0.3) is 0 Å². The van der Waals surface area contributed by atoms with Crippen LogP contribution in [0.2, 0.25) is 5.02 Å². The quantitative estimate of drug-likeness (QED) is 0.722. The van der Waals surface area contributed by atoms with Crippen LogP contribution in [0.25, 0.3) is 0 Å². The van der Waals surface area contributed by atoms with Gasteiger partial charge in [0.15, 0.2) is 5.78 Å². The number of ketones is 1. The first-order valence-electron chi connectivity index (χ1n) is 5.32. The van der Waals surface area contributed by atoms with E-state index in [-0.39, 0.29) is 6.42 Å². The Morgan fingerprint density at radius 1 is 1.32 bits per heavy atom. The summed E-state index contributed by atoms with van der Waals surface area (Å²) < 4.78 is 52.9. The molecule has 0 amide bonds. The first-order chi connectivity index (χ1) is 8.83. The lowest BCUT2D eigenvalue weighted by Gasteiger charge is -2.14. The lowest BCUT2D eigenvalue weighted by molar-refractivity contribution is -0.168. The number of ether oxygens (including phenoxy) is 1. The summed E-state index contributed by atoms with van der Waals surface area (Å²) in [6.07, 6.45) is -3.91. The van der Waals surface area contributed by atoms with E-state index in [0.717, 1.165) is 0 Å². The molecular formula is C12H11ClF4O2. The predicted molar refractivity (Wildman–Crippen MR) is 61.9 cm³/mol. The molecule has 1 rings (SSSR count). The van der Waals surface area contributed by atoms with Crippen LogP contribution in [0.5, 0.6) is 0 Å². The molecule has 1 aromatic rings. The van der Waals surface area contributed by atoms with Crippen molar-refractivity contribution in [1.29, 1.82) is 0 Å². The minimum Gasteiger partial charge on any atom is -0.367 e. The summed E-state index contributed by atoms with van der Waals surface area (Å²) in [6.45, 7) is -2.15. The van der Waals surface area contributed by atoms with E-state index in [2.05, 4.69) is 4.74 Å². The van der Waals surface area contributed by atoms with E-state index in [4.69, 9.17) is 11.6 Å². The first-order valence-corrected chi connectivity index (χ1v) is 5.69. The topological polar surface area (TPSA) is 26.3 Å². The van der Waals surface area contributed by atoms with E-state index in [1.165, 1.54) is 0 Å². The molecule has 0 saturated carbocycles. The molecule has 0 unspecified atom stereocenters. The Morgan fingerprint density at radius 2 is 1.95 bits per heavy atom. The molecule has 2 nitrogen and oxygen atoms in total. The highest BCUT2D eigenvalue weighted by atomic mass is 35.5. The third kappa shape index (κ3) is 5.16. The molecule has 106 valence electrons. The molecule has 0 heterocycles. The van der Waals surface area contributed by atoms with Crippen LogP contribution in [0, 0.1) is 0 Å². The minimum atomic E-state index is -4.25. The standard InChI is InChI=1S/C12H11ClF4O2/c13-10-4-2-1-3-8(10)5-9(18)6-19-7-12(16,17)11(14)15/h1-4,11H,5-7H2. The van der Waals surface area contributed by atoms with Crippen molar-refractivity contribution in [2.75, 3.05) is 13.2 Å². The second kappa shape index (κ2) is 6.86. The van der Waals surface area contributed by atoms with Crippen molar-refractivity contribution < 1.29 is 27.1 Å². The van der Waals surface area contributed by atoms with Crippen molar-refractivity contribution in [3.63, 3.8) is 0 Å². The Kier molecular flexibility index (Phi) is 5.75. The van der Waals surface area contributed by atoms with Gasteiger partial charge in [-0.3, -0.25) is 4.79 Å². The van der Waals surface area contributed by atoms with Gasteiger partial charge in [0.2, 0.25) is 0 Å². The van der Waals surface area contributed by atoms with E-state index in [1.807, 2.05) is 0 Å². The molecule has 0 radical (unpaired) electrons. The number of carbonyl (C=O) groups excluding carboxylic acids is 1. The van der Waals surface area contributed by atoms with Crippen LogP contribution in [-0.4, -0.2) is 31.3 Å². The molecule has 0 spiro atoms. The molecular weight excluding hydrogens is 288 g/mol. The molecule has 7 heteroatoms. The van der Waals surface area contributed by atoms with E-state index < -0.39 is 31.3 Å². The highest BCUT2D eigenvalue weighted by Crippen LogP contribution is 2.23. The van der Waals surface area contributed by atoms with Gasteiger partial charge in [-0.25, -0.2) is 8.78 Å². The summed E-state index contributed by atoms with van der Waals surface area (Å²) in [6, 6.07) is 6.53. The number of benzene rings is 1. The molecule has 0 aliphatic carbocycles. The molecule has 0 aliphatic rings. The molecule has 0 saturated heterocycles. The number of carbonyl (C=O) groups is 1.